The van der Waals surface area contributed by atoms with Crippen molar-refractivity contribution in [3.05, 3.63) is 41.8 Å². The Balaban J connectivity index is 2.87. The Bertz CT molecular complexity index is 361. The first kappa shape index (κ1) is 14.8. The second kappa shape index (κ2) is 7.26. The molecule has 0 spiro atoms. The minimum Gasteiger partial charge on any atom is -0.519 e. The molecule has 1 aromatic rings. The summed E-state index contributed by atoms with van der Waals surface area (Å²) in [7, 11) is 0.0269. The second-order valence-corrected chi connectivity index (χ2v) is 9.12. The van der Waals surface area contributed by atoms with Crippen LogP contribution in [0.25, 0.3) is 6.08 Å². The van der Waals surface area contributed by atoms with E-state index in [1.807, 2.05) is 24.3 Å². The molecule has 0 amide bonds. The van der Waals surface area contributed by atoms with Crippen LogP contribution in [0.3, 0.4) is 0 Å². The number of rotatable bonds is 7. The maximum atomic E-state index is 6.22. The van der Waals surface area contributed by atoms with Crippen molar-refractivity contribution in [3.63, 3.8) is 0 Å². The Morgan fingerprint density at radius 1 is 1.06 bits per heavy atom. The zero-order chi connectivity index (χ0) is 13.4. The van der Waals surface area contributed by atoms with Gasteiger partial charge in [-0.15, -0.1) is 0 Å². The van der Waals surface area contributed by atoms with Gasteiger partial charge in [0.25, 0.3) is 14.3 Å². The summed E-state index contributed by atoms with van der Waals surface area (Å²) in [6.45, 7) is 6.65. The van der Waals surface area contributed by atoms with Crippen LogP contribution in [-0.4, -0.2) is 15.4 Å². The molecule has 2 nitrogen and oxygen atoms in total. The van der Waals surface area contributed by atoms with Crippen molar-refractivity contribution in [1.29, 1.82) is 0 Å². The fourth-order valence-corrected chi connectivity index (χ4v) is 4.50. The molecule has 0 aliphatic carbocycles. The van der Waals surface area contributed by atoms with Gasteiger partial charge in [0, 0.05) is 6.08 Å². The van der Waals surface area contributed by atoms with Gasteiger partial charge in [-0.2, -0.15) is 0 Å². The van der Waals surface area contributed by atoms with Crippen LogP contribution < -0.4 is 0 Å². The van der Waals surface area contributed by atoms with Gasteiger partial charge >= 0.3 is 0 Å². The molecule has 1 aromatic carbocycles. The molecule has 0 fully saturated rings. The normalized spacial score (nSPS) is 12.3. The number of hydrogen-bond donors (Lipinski definition) is 0. The van der Waals surface area contributed by atoms with Crippen LogP contribution in [0, 0.1) is 0 Å². The zero-order valence-electron chi connectivity index (χ0n) is 11.9. The summed E-state index contributed by atoms with van der Waals surface area (Å²) in [4.78, 5) is 0. The van der Waals surface area contributed by atoms with Crippen molar-refractivity contribution in [2.24, 2.45) is 0 Å². The monoisotopic (exact) mass is 264 g/mol. The molecule has 0 radical (unpaired) electrons. The van der Waals surface area contributed by atoms with E-state index in [1.54, 1.807) is 7.11 Å². The molecule has 0 saturated carbocycles. The third kappa shape index (κ3) is 3.91. The lowest BCUT2D eigenvalue weighted by molar-refractivity contribution is 0.148. The molecule has 0 atom stereocenters. The van der Waals surface area contributed by atoms with Crippen molar-refractivity contribution < 1.29 is 9.16 Å². The van der Waals surface area contributed by atoms with Crippen LogP contribution in [0.5, 0.6) is 0 Å². The number of hydrogen-bond acceptors (Lipinski definition) is 2. The van der Waals surface area contributed by atoms with Gasteiger partial charge in [-0.3, -0.25) is 0 Å². The van der Waals surface area contributed by atoms with E-state index in [1.165, 1.54) is 0 Å². The molecule has 0 bridgehead atoms. The number of methoxy groups -OCH3 is 1. The molecule has 0 aromatic heterocycles. The highest BCUT2D eigenvalue weighted by atomic mass is 28.4. The van der Waals surface area contributed by atoms with Crippen molar-refractivity contribution >= 4 is 14.4 Å². The van der Waals surface area contributed by atoms with E-state index in [9.17, 15) is 0 Å². The summed E-state index contributed by atoms with van der Waals surface area (Å²) in [5, 5.41) is 0. The molecule has 0 heterocycles. The fraction of sp³-hybridized carbons (Fsp3) is 0.467. The topological polar surface area (TPSA) is 18.5 Å². The van der Waals surface area contributed by atoms with E-state index in [2.05, 4.69) is 32.9 Å². The Labute approximate surface area is 112 Å². The molecule has 3 heteroatoms. The minimum absolute atomic E-state index is 0.651. The van der Waals surface area contributed by atoms with Crippen LogP contribution in [0.4, 0.5) is 0 Å². The van der Waals surface area contributed by atoms with E-state index in [-0.39, 0.29) is 0 Å². The van der Waals surface area contributed by atoms with E-state index in [4.69, 9.17) is 9.16 Å². The lowest BCUT2D eigenvalue weighted by atomic mass is 10.2. The van der Waals surface area contributed by atoms with Crippen molar-refractivity contribution in [2.45, 2.75) is 38.9 Å². The van der Waals surface area contributed by atoms with Gasteiger partial charge in [-0.25, -0.2) is 0 Å². The average molecular weight is 264 g/mol. The molecule has 0 aliphatic rings. The first-order chi connectivity index (χ1) is 8.69. The largest absolute Gasteiger partial charge is 0.519 e. The highest BCUT2D eigenvalue weighted by Gasteiger charge is 2.31. The van der Waals surface area contributed by atoms with Gasteiger partial charge in [0.05, 0.1) is 7.11 Å². The quantitative estimate of drug-likeness (QED) is 0.527. The fourth-order valence-electron chi connectivity index (χ4n) is 2.00. The molecule has 0 N–H and O–H groups in total. The molecular formula is C15H24O2Si. The SMILES string of the molecule is CC[Si](CC)(CC)O/C(=C\c1ccccc1)OC. The van der Waals surface area contributed by atoms with E-state index >= 15 is 0 Å². The second-order valence-electron chi connectivity index (χ2n) is 4.42. The number of ether oxygens (including phenoxy) is 1. The predicted molar refractivity (Wildman–Crippen MR) is 79.7 cm³/mol. The summed E-state index contributed by atoms with van der Waals surface area (Å²) in [6.07, 6.45) is 1.97. The van der Waals surface area contributed by atoms with Crippen molar-refractivity contribution in [1.82, 2.24) is 0 Å². The van der Waals surface area contributed by atoms with E-state index < -0.39 is 8.32 Å². The van der Waals surface area contributed by atoms with E-state index in [0.717, 1.165) is 23.7 Å². The Morgan fingerprint density at radius 3 is 2.06 bits per heavy atom. The van der Waals surface area contributed by atoms with Crippen LogP contribution in [0.2, 0.25) is 18.1 Å². The van der Waals surface area contributed by atoms with Gasteiger partial charge in [0.1, 0.15) is 0 Å². The van der Waals surface area contributed by atoms with Crippen LogP contribution in [0.15, 0.2) is 36.3 Å². The summed E-state index contributed by atoms with van der Waals surface area (Å²) >= 11 is 0. The maximum Gasteiger partial charge on any atom is 0.265 e. The van der Waals surface area contributed by atoms with Gasteiger partial charge in [-0.1, -0.05) is 51.1 Å². The Morgan fingerprint density at radius 2 is 1.61 bits per heavy atom. The lowest BCUT2D eigenvalue weighted by Crippen LogP contribution is -2.35. The van der Waals surface area contributed by atoms with Gasteiger partial charge in [0.15, 0.2) is 0 Å². The standard InChI is InChI=1S/C15H24O2Si/c1-5-18(6-2,7-3)17-15(16-4)13-14-11-9-8-10-12-14/h8-13H,5-7H2,1-4H3/b15-13-. The van der Waals surface area contributed by atoms with Crippen molar-refractivity contribution in [2.75, 3.05) is 7.11 Å². The third-order valence-electron chi connectivity index (χ3n) is 3.54. The number of benzene rings is 1. The molecule has 0 saturated heterocycles. The maximum absolute atomic E-state index is 6.22. The van der Waals surface area contributed by atoms with Crippen molar-refractivity contribution in [3.8, 4) is 0 Å². The smallest absolute Gasteiger partial charge is 0.265 e. The summed E-state index contributed by atoms with van der Waals surface area (Å²) < 4.78 is 11.6. The molecule has 100 valence electrons. The Hall–Kier alpha value is -1.22. The zero-order valence-corrected chi connectivity index (χ0v) is 12.9. The first-order valence-electron chi connectivity index (χ1n) is 6.69. The van der Waals surface area contributed by atoms with Gasteiger partial charge in [0.2, 0.25) is 0 Å². The summed E-state index contributed by atoms with van der Waals surface area (Å²) in [5.74, 6) is 0.651. The average Bonchev–Trinajstić information content (AvgIpc) is 2.45. The van der Waals surface area contributed by atoms with E-state index in [0.29, 0.717) is 5.95 Å². The summed E-state index contributed by atoms with van der Waals surface area (Å²) in [6, 6.07) is 13.5. The predicted octanol–water partition coefficient (Wildman–Crippen LogP) is 4.65. The Kier molecular flexibility index (Phi) is 5.99. The van der Waals surface area contributed by atoms with Gasteiger partial charge in [-0.05, 0) is 23.7 Å². The highest BCUT2D eigenvalue weighted by Crippen LogP contribution is 2.25. The molecule has 0 aliphatic heterocycles. The third-order valence-corrected chi connectivity index (χ3v) is 8.04. The highest BCUT2D eigenvalue weighted by molar-refractivity contribution is 6.73. The minimum atomic E-state index is -1.65. The molecule has 18 heavy (non-hydrogen) atoms. The molecular weight excluding hydrogens is 240 g/mol. The van der Waals surface area contributed by atoms with Crippen LogP contribution in [0.1, 0.15) is 26.3 Å². The van der Waals surface area contributed by atoms with Crippen LogP contribution >= 0.6 is 0 Å². The molecule has 1 rings (SSSR count). The lowest BCUT2D eigenvalue weighted by Gasteiger charge is -2.29. The summed E-state index contributed by atoms with van der Waals surface area (Å²) in [5.41, 5.74) is 1.11. The van der Waals surface area contributed by atoms with Gasteiger partial charge < -0.3 is 9.16 Å². The molecule has 0 unspecified atom stereocenters. The first-order valence-corrected chi connectivity index (χ1v) is 9.22. The van der Waals surface area contributed by atoms with Crippen LogP contribution in [-0.2, 0) is 9.16 Å².